The molecule has 1 saturated heterocycles. The molecule has 1 aliphatic heterocycles. The van der Waals surface area contributed by atoms with Gasteiger partial charge in [0.2, 0.25) is 0 Å². The van der Waals surface area contributed by atoms with Crippen LogP contribution in [0.5, 0.6) is 0 Å². The van der Waals surface area contributed by atoms with Crippen molar-refractivity contribution >= 4 is 45.9 Å². The first kappa shape index (κ1) is 19.0. The maximum atomic E-state index is 12.1. The number of nitrogens with one attached hydrogen (secondary N) is 2. The molecule has 0 radical (unpaired) electrons. The van der Waals surface area contributed by atoms with E-state index in [1.807, 2.05) is 76.2 Å². The van der Waals surface area contributed by atoms with Crippen LogP contribution in [0, 0.1) is 0 Å². The Hall–Kier alpha value is -1.83. The van der Waals surface area contributed by atoms with Crippen LogP contribution < -0.4 is 16.1 Å². The Labute approximate surface area is 162 Å². The lowest BCUT2D eigenvalue weighted by Gasteiger charge is -2.32. The molecule has 0 saturated carbocycles. The third kappa shape index (κ3) is 4.11. The molecule has 3 rings (SSSR count). The number of hydrogen-bond donors (Lipinski definition) is 2. The molecule has 1 aliphatic rings. The van der Waals surface area contributed by atoms with E-state index in [-0.39, 0.29) is 17.2 Å². The van der Waals surface area contributed by atoms with Gasteiger partial charge in [0.15, 0.2) is 0 Å². The Morgan fingerprint density at radius 2 is 1.27 bits per heavy atom. The topological polar surface area (TPSA) is 59.6 Å². The van der Waals surface area contributed by atoms with Gasteiger partial charge in [-0.25, -0.2) is 4.79 Å². The molecule has 5 nitrogen and oxygen atoms in total. The van der Waals surface area contributed by atoms with Gasteiger partial charge in [0.25, 0.3) is 0 Å². The second kappa shape index (κ2) is 7.06. The van der Waals surface area contributed by atoms with Crippen molar-refractivity contribution in [2.75, 3.05) is 10.6 Å². The van der Waals surface area contributed by atoms with Gasteiger partial charge in [-0.05, 0) is 69.6 Å². The summed E-state index contributed by atoms with van der Waals surface area (Å²) in [6, 6.07) is 14.6. The first-order valence-corrected chi connectivity index (χ1v) is 9.25. The molecule has 136 valence electrons. The van der Waals surface area contributed by atoms with Crippen LogP contribution in [0.3, 0.4) is 0 Å². The van der Waals surface area contributed by atoms with Crippen LogP contribution in [0.15, 0.2) is 53.0 Å². The van der Waals surface area contributed by atoms with E-state index in [9.17, 15) is 4.79 Å². The summed E-state index contributed by atoms with van der Waals surface area (Å²) >= 11 is 3.37. The minimum atomic E-state index is -0.411. The lowest BCUT2D eigenvalue weighted by molar-refractivity contribution is 0.00578. The van der Waals surface area contributed by atoms with E-state index >= 15 is 0 Å². The zero-order chi connectivity index (χ0) is 18.9. The van der Waals surface area contributed by atoms with E-state index in [0.717, 1.165) is 15.6 Å². The summed E-state index contributed by atoms with van der Waals surface area (Å²) in [6.07, 6.45) is 0. The molecule has 1 fully saturated rings. The van der Waals surface area contributed by atoms with Crippen LogP contribution in [0.25, 0.3) is 0 Å². The summed E-state index contributed by atoms with van der Waals surface area (Å²) < 4.78 is 13.0. The molecule has 1 heterocycles. The van der Waals surface area contributed by atoms with Crippen LogP contribution in [0.2, 0.25) is 0 Å². The smallest absolute Gasteiger partial charge is 0.399 e. The highest BCUT2D eigenvalue weighted by atomic mass is 79.9. The molecule has 0 atom stereocenters. The molecule has 7 heteroatoms. The number of carbonyl (C=O) groups is 1. The Bertz CT molecular complexity index is 775. The van der Waals surface area contributed by atoms with Gasteiger partial charge in [-0.1, -0.05) is 28.1 Å². The zero-order valence-corrected chi connectivity index (χ0v) is 16.9. The van der Waals surface area contributed by atoms with Crippen LogP contribution in [-0.4, -0.2) is 24.4 Å². The summed E-state index contributed by atoms with van der Waals surface area (Å²) in [5.74, 6) is 0. The van der Waals surface area contributed by atoms with Crippen molar-refractivity contribution in [3.8, 4) is 0 Å². The molecular formula is C19H22BBrN2O3. The molecule has 2 aromatic carbocycles. The highest BCUT2D eigenvalue weighted by Crippen LogP contribution is 2.36. The van der Waals surface area contributed by atoms with Gasteiger partial charge < -0.3 is 19.9 Å². The standard InChI is InChI=1S/C19H22BBrN2O3/c1-18(2)19(3,4)26-20(25-18)13-5-9-15(10-6-13)22-17(24)23-16-11-7-14(21)8-12-16/h5-12H,1-4H3,(H2,22,23,24). The van der Waals surface area contributed by atoms with E-state index in [0.29, 0.717) is 5.69 Å². The lowest BCUT2D eigenvalue weighted by Crippen LogP contribution is -2.41. The summed E-state index contributed by atoms with van der Waals surface area (Å²) in [7, 11) is -0.411. The Morgan fingerprint density at radius 3 is 1.73 bits per heavy atom. The molecule has 2 amide bonds. The number of amides is 2. The second-order valence-electron chi connectivity index (χ2n) is 7.30. The number of carbonyl (C=O) groups excluding carboxylic acids is 1. The van der Waals surface area contributed by atoms with Crippen molar-refractivity contribution < 1.29 is 14.1 Å². The van der Waals surface area contributed by atoms with Crippen molar-refractivity contribution in [2.45, 2.75) is 38.9 Å². The molecule has 0 unspecified atom stereocenters. The van der Waals surface area contributed by atoms with Crippen molar-refractivity contribution in [1.29, 1.82) is 0 Å². The third-order valence-electron chi connectivity index (χ3n) is 4.80. The van der Waals surface area contributed by atoms with E-state index in [1.165, 1.54) is 0 Å². The molecule has 0 bridgehead atoms. The van der Waals surface area contributed by atoms with E-state index in [1.54, 1.807) is 0 Å². The summed E-state index contributed by atoms with van der Waals surface area (Å²) in [6.45, 7) is 8.09. The molecule has 26 heavy (non-hydrogen) atoms. The van der Waals surface area contributed by atoms with Crippen LogP contribution in [0.1, 0.15) is 27.7 Å². The van der Waals surface area contributed by atoms with Gasteiger partial charge in [-0.2, -0.15) is 0 Å². The molecule has 2 aromatic rings. The number of benzene rings is 2. The zero-order valence-electron chi connectivity index (χ0n) is 15.3. The third-order valence-corrected chi connectivity index (χ3v) is 5.32. The van der Waals surface area contributed by atoms with Gasteiger partial charge in [0, 0.05) is 15.8 Å². The van der Waals surface area contributed by atoms with Crippen LogP contribution in [-0.2, 0) is 9.31 Å². The Balaban J connectivity index is 1.61. The average Bonchev–Trinajstić information content (AvgIpc) is 2.78. The van der Waals surface area contributed by atoms with Gasteiger partial charge in [-0.3, -0.25) is 0 Å². The summed E-state index contributed by atoms with van der Waals surface area (Å²) in [5, 5.41) is 5.60. The minimum Gasteiger partial charge on any atom is -0.399 e. The maximum Gasteiger partial charge on any atom is 0.494 e. The summed E-state index contributed by atoms with van der Waals surface area (Å²) in [5.41, 5.74) is 1.58. The quantitative estimate of drug-likeness (QED) is 0.729. The highest BCUT2D eigenvalue weighted by molar-refractivity contribution is 9.10. The van der Waals surface area contributed by atoms with Gasteiger partial charge in [0.1, 0.15) is 0 Å². The Kier molecular flexibility index (Phi) is 5.15. The van der Waals surface area contributed by atoms with Gasteiger partial charge in [0.05, 0.1) is 11.2 Å². The van der Waals surface area contributed by atoms with E-state index in [4.69, 9.17) is 9.31 Å². The normalized spacial score (nSPS) is 17.8. The summed E-state index contributed by atoms with van der Waals surface area (Å²) in [4.78, 5) is 12.1. The van der Waals surface area contributed by atoms with Gasteiger partial charge in [-0.15, -0.1) is 0 Å². The lowest BCUT2D eigenvalue weighted by atomic mass is 9.79. The number of rotatable bonds is 3. The predicted molar refractivity (Wildman–Crippen MR) is 109 cm³/mol. The SMILES string of the molecule is CC1(C)OB(c2ccc(NC(=O)Nc3ccc(Br)cc3)cc2)OC1(C)C. The number of urea groups is 1. The fraction of sp³-hybridized carbons (Fsp3) is 0.316. The highest BCUT2D eigenvalue weighted by Gasteiger charge is 2.51. The fourth-order valence-corrected chi connectivity index (χ4v) is 2.79. The molecular weight excluding hydrogens is 395 g/mol. The maximum absolute atomic E-state index is 12.1. The molecule has 2 N–H and O–H groups in total. The monoisotopic (exact) mass is 416 g/mol. The van der Waals surface area contributed by atoms with Crippen molar-refractivity contribution in [3.63, 3.8) is 0 Å². The first-order chi connectivity index (χ1) is 12.2. The number of anilines is 2. The second-order valence-corrected chi connectivity index (χ2v) is 8.21. The molecule has 0 aromatic heterocycles. The first-order valence-electron chi connectivity index (χ1n) is 8.45. The van der Waals surface area contributed by atoms with Crippen LogP contribution in [0.4, 0.5) is 16.2 Å². The largest absolute Gasteiger partial charge is 0.494 e. The molecule has 0 aliphatic carbocycles. The predicted octanol–water partition coefficient (Wildman–Crippen LogP) is 4.39. The van der Waals surface area contributed by atoms with Crippen molar-refractivity contribution in [1.82, 2.24) is 0 Å². The van der Waals surface area contributed by atoms with Crippen molar-refractivity contribution in [2.24, 2.45) is 0 Å². The number of halogens is 1. The fourth-order valence-electron chi connectivity index (χ4n) is 2.53. The minimum absolute atomic E-state index is 0.296. The average molecular weight is 417 g/mol. The van der Waals surface area contributed by atoms with E-state index < -0.39 is 7.12 Å². The number of hydrogen-bond acceptors (Lipinski definition) is 3. The Morgan fingerprint density at radius 1 is 0.846 bits per heavy atom. The van der Waals surface area contributed by atoms with Crippen LogP contribution >= 0.6 is 15.9 Å². The van der Waals surface area contributed by atoms with E-state index in [2.05, 4.69) is 26.6 Å². The molecule has 0 spiro atoms. The van der Waals surface area contributed by atoms with Gasteiger partial charge >= 0.3 is 13.1 Å². The van der Waals surface area contributed by atoms with Crippen molar-refractivity contribution in [3.05, 3.63) is 53.0 Å².